The number of allylic oxidation sites excluding steroid dienone is 1. The topological polar surface area (TPSA) is 55.4 Å². The Kier molecular flexibility index (Phi) is 5.50. The van der Waals surface area contributed by atoms with Gasteiger partial charge in [0.15, 0.2) is 11.5 Å². The van der Waals surface area contributed by atoms with Gasteiger partial charge in [0, 0.05) is 28.4 Å². The number of hydrogen-bond donors (Lipinski definition) is 0. The van der Waals surface area contributed by atoms with E-state index in [1.165, 1.54) is 33.5 Å². The summed E-state index contributed by atoms with van der Waals surface area (Å²) in [6, 6.07) is 4.53. The normalized spacial score (nSPS) is 13.8. The van der Waals surface area contributed by atoms with Crippen molar-refractivity contribution >= 4 is 11.6 Å². The summed E-state index contributed by atoms with van der Waals surface area (Å²) in [5, 5.41) is 0. The third-order valence-electron chi connectivity index (χ3n) is 6.33. The van der Waals surface area contributed by atoms with Gasteiger partial charge in [-0.2, -0.15) is 0 Å². The molecule has 0 atom stereocenters. The standard InChI is InChI=1S/C28H36N5/c1-16-11-17(2)18(3)20(12-16)23-21-13-19(14-22(21)29-15-33(23)10)24-30-25(27(4,5)6)32-26(31-24)28(7,8)9/h11-12,14-15H,13H2,1-10H3/q+1. The molecule has 4 rings (SSSR count). The second-order valence-corrected chi connectivity index (χ2v) is 11.5. The van der Waals surface area contributed by atoms with Crippen LogP contribution in [0.25, 0.3) is 22.9 Å². The maximum atomic E-state index is 4.93. The lowest BCUT2D eigenvalue weighted by atomic mass is 9.92. The minimum atomic E-state index is -0.157. The van der Waals surface area contributed by atoms with Gasteiger partial charge in [-0.25, -0.2) is 19.5 Å². The zero-order valence-electron chi connectivity index (χ0n) is 21.8. The van der Waals surface area contributed by atoms with Crippen molar-refractivity contribution < 1.29 is 4.57 Å². The molecule has 3 aromatic rings. The molecule has 0 unspecified atom stereocenters. The highest BCUT2D eigenvalue weighted by atomic mass is 15.1. The molecule has 0 N–H and O–H groups in total. The molecule has 0 amide bonds. The van der Waals surface area contributed by atoms with Crippen molar-refractivity contribution in [3.63, 3.8) is 0 Å². The van der Waals surface area contributed by atoms with E-state index in [9.17, 15) is 0 Å². The van der Waals surface area contributed by atoms with Gasteiger partial charge in [0.25, 0.3) is 6.33 Å². The largest absolute Gasteiger partial charge is 0.287 e. The molecule has 0 fully saturated rings. The molecule has 1 aromatic carbocycles. The molecule has 0 radical (unpaired) electrons. The van der Waals surface area contributed by atoms with Crippen LogP contribution in [0.1, 0.15) is 87.0 Å². The highest BCUT2D eigenvalue weighted by Gasteiger charge is 2.31. The van der Waals surface area contributed by atoms with Crippen LogP contribution >= 0.6 is 0 Å². The van der Waals surface area contributed by atoms with Crippen LogP contribution in [-0.4, -0.2) is 19.9 Å². The van der Waals surface area contributed by atoms with E-state index in [1.807, 2.05) is 6.33 Å². The van der Waals surface area contributed by atoms with Crippen molar-refractivity contribution in [1.82, 2.24) is 19.9 Å². The summed E-state index contributed by atoms with van der Waals surface area (Å²) in [7, 11) is 2.08. The number of aryl methyl sites for hydroxylation is 3. The van der Waals surface area contributed by atoms with Crippen LogP contribution < -0.4 is 4.57 Å². The third-order valence-corrected chi connectivity index (χ3v) is 6.33. The van der Waals surface area contributed by atoms with Gasteiger partial charge in [-0.1, -0.05) is 53.2 Å². The molecule has 0 saturated heterocycles. The van der Waals surface area contributed by atoms with Crippen molar-refractivity contribution in [3.8, 4) is 11.3 Å². The van der Waals surface area contributed by atoms with Crippen LogP contribution in [0.4, 0.5) is 0 Å². The average Bonchev–Trinajstić information content (AvgIpc) is 3.13. The molecule has 0 bridgehead atoms. The molecule has 0 saturated carbocycles. The molecule has 172 valence electrons. The van der Waals surface area contributed by atoms with Crippen molar-refractivity contribution in [2.24, 2.45) is 7.05 Å². The van der Waals surface area contributed by atoms with Crippen molar-refractivity contribution in [3.05, 3.63) is 63.9 Å². The third kappa shape index (κ3) is 4.33. The Labute approximate surface area is 198 Å². The molecule has 2 aromatic heterocycles. The van der Waals surface area contributed by atoms with E-state index in [4.69, 9.17) is 19.9 Å². The first-order valence-corrected chi connectivity index (χ1v) is 11.7. The van der Waals surface area contributed by atoms with Crippen LogP contribution in [0.3, 0.4) is 0 Å². The van der Waals surface area contributed by atoms with Crippen molar-refractivity contribution in [1.29, 1.82) is 0 Å². The Morgan fingerprint density at radius 3 is 2.03 bits per heavy atom. The summed E-state index contributed by atoms with van der Waals surface area (Å²) < 4.78 is 2.14. The fourth-order valence-electron chi connectivity index (χ4n) is 4.30. The Balaban J connectivity index is 1.86. The second-order valence-electron chi connectivity index (χ2n) is 11.5. The highest BCUT2D eigenvalue weighted by Crippen LogP contribution is 2.36. The van der Waals surface area contributed by atoms with Gasteiger partial charge in [0.05, 0.1) is 12.6 Å². The smallest absolute Gasteiger partial charge is 0.232 e. The Morgan fingerprint density at radius 2 is 1.45 bits per heavy atom. The molecule has 1 aliphatic rings. The van der Waals surface area contributed by atoms with Gasteiger partial charge in [0.2, 0.25) is 0 Å². The molecule has 5 heteroatoms. The minimum absolute atomic E-state index is 0.157. The van der Waals surface area contributed by atoms with E-state index in [0.717, 1.165) is 35.2 Å². The fraction of sp³-hybridized carbons (Fsp3) is 0.464. The Morgan fingerprint density at radius 1 is 0.848 bits per heavy atom. The van der Waals surface area contributed by atoms with Gasteiger partial charge >= 0.3 is 0 Å². The van der Waals surface area contributed by atoms with Crippen LogP contribution in [0.5, 0.6) is 0 Å². The molecular formula is C28H36N5+. The number of hydrogen-bond acceptors (Lipinski definition) is 4. The minimum Gasteiger partial charge on any atom is -0.232 e. The number of rotatable bonds is 2. The number of benzene rings is 1. The molecule has 1 aliphatic carbocycles. The molecule has 33 heavy (non-hydrogen) atoms. The lowest BCUT2D eigenvalue weighted by Crippen LogP contribution is -2.33. The monoisotopic (exact) mass is 442 g/mol. The molecule has 0 aliphatic heterocycles. The molecule has 2 heterocycles. The maximum Gasteiger partial charge on any atom is 0.287 e. The van der Waals surface area contributed by atoms with E-state index in [0.29, 0.717) is 0 Å². The van der Waals surface area contributed by atoms with Crippen molar-refractivity contribution in [2.75, 3.05) is 0 Å². The predicted octanol–water partition coefficient (Wildman–Crippen LogP) is 5.38. The molecule has 0 spiro atoms. The van der Waals surface area contributed by atoms with Gasteiger partial charge in [-0.05, 0) is 49.0 Å². The highest BCUT2D eigenvalue weighted by molar-refractivity contribution is 5.88. The summed E-state index contributed by atoms with van der Waals surface area (Å²) >= 11 is 0. The van der Waals surface area contributed by atoms with Crippen LogP contribution in [0, 0.1) is 20.8 Å². The lowest BCUT2D eigenvalue weighted by Gasteiger charge is -2.22. The average molecular weight is 443 g/mol. The van der Waals surface area contributed by atoms with Crippen LogP contribution in [0.2, 0.25) is 0 Å². The summed E-state index contributed by atoms with van der Waals surface area (Å²) in [4.78, 5) is 19.4. The number of nitrogens with zero attached hydrogens (tertiary/aromatic N) is 5. The van der Waals surface area contributed by atoms with E-state index in [1.54, 1.807) is 0 Å². The maximum absolute atomic E-state index is 4.93. The van der Waals surface area contributed by atoms with E-state index in [2.05, 4.69) is 92.1 Å². The zero-order chi connectivity index (χ0) is 24.3. The van der Waals surface area contributed by atoms with Gasteiger partial charge in [-0.15, -0.1) is 0 Å². The first-order valence-electron chi connectivity index (χ1n) is 11.7. The SMILES string of the molecule is Cc1cc(C)c(C)c(-c2c3c(nc[n+]2C)C=C(c2nc(C(C)(C)C)nc(C(C)(C)C)n2)C3)c1. The summed E-state index contributed by atoms with van der Waals surface area (Å²) in [5.74, 6) is 2.43. The quantitative estimate of drug-likeness (QED) is 0.500. The Hall–Kier alpha value is -2.95. The van der Waals surface area contributed by atoms with Crippen molar-refractivity contribution in [2.45, 2.75) is 79.6 Å². The zero-order valence-corrected chi connectivity index (χ0v) is 21.8. The first kappa shape index (κ1) is 23.2. The Bertz CT molecular complexity index is 1250. The number of aromatic nitrogens is 5. The second kappa shape index (κ2) is 7.82. The summed E-state index contributed by atoms with van der Waals surface area (Å²) in [6.07, 6.45) is 4.83. The number of fused-ring (bicyclic) bond motifs is 1. The predicted molar refractivity (Wildman–Crippen MR) is 134 cm³/mol. The van der Waals surface area contributed by atoms with Gasteiger partial charge < -0.3 is 0 Å². The summed E-state index contributed by atoms with van der Waals surface area (Å²) in [6.45, 7) is 19.5. The van der Waals surface area contributed by atoms with E-state index >= 15 is 0 Å². The summed E-state index contributed by atoms with van der Waals surface area (Å²) in [5.41, 5.74) is 9.40. The first-order chi connectivity index (χ1) is 15.3. The van der Waals surface area contributed by atoms with Gasteiger partial charge in [0.1, 0.15) is 17.3 Å². The molecular weight excluding hydrogens is 406 g/mol. The lowest BCUT2D eigenvalue weighted by molar-refractivity contribution is -0.663. The van der Waals surface area contributed by atoms with Crippen LogP contribution in [0.15, 0.2) is 18.5 Å². The molecule has 5 nitrogen and oxygen atoms in total. The van der Waals surface area contributed by atoms with Gasteiger partial charge in [-0.3, -0.25) is 0 Å². The van der Waals surface area contributed by atoms with Crippen LogP contribution in [-0.2, 0) is 24.3 Å². The van der Waals surface area contributed by atoms with E-state index < -0.39 is 0 Å². The fourth-order valence-corrected chi connectivity index (χ4v) is 4.30. The van der Waals surface area contributed by atoms with E-state index in [-0.39, 0.29) is 10.8 Å².